The van der Waals surface area contributed by atoms with Gasteiger partial charge in [0.15, 0.2) is 0 Å². The molecule has 1 N–H and O–H groups in total. The average Bonchev–Trinajstić information content (AvgIpc) is 2.89. The van der Waals surface area contributed by atoms with Crippen LogP contribution in [0.3, 0.4) is 0 Å². The number of carbonyl (C=O) groups excluding carboxylic acids is 1. The highest BCUT2D eigenvalue weighted by molar-refractivity contribution is 5.74. The van der Waals surface area contributed by atoms with E-state index in [-0.39, 0.29) is 24.0 Å². The molecule has 5 nitrogen and oxygen atoms in total. The van der Waals surface area contributed by atoms with Crippen molar-refractivity contribution in [3.8, 4) is 0 Å². The summed E-state index contributed by atoms with van der Waals surface area (Å²) in [6.45, 7) is 9.73. The molecule has 0 heterocycles. The van der Waals surface area contributed by atoms with Gasteiger partial charge < -0.3 is 14.7 Å². The standard InChI is InChI=1S/C13H23NO4/c1-8(2)14(12(17)18-13(3,4)5)7-9-6-10(9)11(15)16/h8-10H,6-7H2,1-5H3,(H,15,16)/t9-,10+/m0/s1. The highest BCUT2D eigenvalue weighted by Crippen LogP contribution is 2.39. The molecule has 0 radical (unpaired) electrons. The molecule has 0 aliphatic heterocycles. The van der Waals surface area contributed by atoms with E-state index < -0.39 is 11.6 Å². The first kappa shape index (κ1) is 14.8. The van der Waals surface area contributed by atoms with Crippen LogP contribution in [0.1, 0.15) is 41.0 Å². The monoisotopic (exact) mass is 257 g/mol. The number of ether oxygens (including phenoxy) is 1. The number of carboxylic acid groups (broad SMARTS) is 1. The van der Waals surface area contributed by atoms with Gasteiger partial charge in [0.2, 0.25) is 0 Å². The summed E-state index contributed by atoms with van der Waals surface area (Å²) in [7, 11) is 0. The molecule has 1 saturated carbocycles. The van der Waals surface area contributed by atoms with Crippen molar-refractivity contribution in [2.24, 2.45) is 11.8 Å². The molecule has 104 valence electrons. The van der Waals surface area contributed by atoms with Gasteiger partial charge in [0, 0.05) is 12.6 Å². The zero-order valence-corrected chi connectivity index (χ0v) is 11.8. The third kappa shape index (κ3) is 4.20. The second-order valence-corrected chi connectivity index (χ2v) is 6.17. The maximum Gasteiger partial charge on any atom is 0.410 e. The molecule has 0 bridgehead atoms. The number of hydrogen-bond donors (Lipinski definition) is 1. The summed E-state index contributed by atoms with van der Waals surface area (Å²) in [5.74, 6) is -1.00. The van der Waals surface area contributed by atoms with E-state index in [4.69, 9.17) is 9.84 Å². The molecular formula is C13H23NO4. The molecule has 1 aliphatic rings. The molecule has 0 saturated heterocycles. The van der Waals surface area contributed by atoms with Gasteiger partial charge in [-0.3, -0.25) is 4.79 Å². The fourth-order valence-corrected chi connectivity index (χ4v) is 1.82. The van der Waals surface area contributed by atoms with Crippen LogP contribution in [0.15, 0.2) is 0 Å². The minimum atomic E-state index is -0.770. The van der Waals surface area contributed by atoms with Gasteiger partial charge in [-0.25, -0.2) is 4.79 Å². The molecule has 1 aliphatic carbocycles. The van der Waals surface area contributed by atoms with Crippen LogP contribution in [-0.4, -0.2) is 40.3 Å². The Morgan fingerprint density at radius 1 is 1.39 bits per heavy atom. The van der Waals surface area contributed by atoms with Gasteiger partial charge in [0.05, 0.1) is 5.92 Å². The summed E-state index contributed by atoms with van der Waals surface area (Å²) < 4.78 is 5.33. The summed E-state index contributed by atoms with van der Waals surface area (Å²) in [5, 5.41) is 8.87. The van der Waals surface area contributed by atoms with Crippen molar-refractivity contribution in [1.82, 2.24) is 4.90 Å². The first-order valence-corrected chi connectivity index (χ1v) is 6.34. The minimum Gasteiger partial charge on any atom is -0.481 e. The lowest BCUT2D eigenvalue weighted by Gasteiger charge is -2.30. The van der Waals surface area contributed by atoms with Crippen molar-refractivity contribution >= 4 is 12.1 Å². The van der Waals surface area contributed by atoms with Crippen LogP contribution in [0.4, 0.5) is 4.79 Å². The topological polar surface area (TPSA) is 66.8 Å². The molecule has 5 heteroatoms. The van der Waals surface area contributed by atoms with Crippen LogP contribution in [0.5, 0.6) is 0 Å². The maximum atomic E-state index is 12.0. The van der Waals surface area contributed by atoms with Crippen molar-refractivity contribution in [2.45, 2.75) is 52.7 Å². The lowest BCUT2D eigenvalue weighted by Crippen LogP contribution is -2.42. The molecule has 0 aromatic rings. The molecule has 0 aromatic carbocycles. The second-order valence-electron chi connectivity index (χ2n) is 6.17. The predicted octanol–water partition coefficient (Wildman–Crippen LogP) is 2.35. The lowest BCUT2D eigenvalue weighted by molar-refractivity contribution is -0.138. The van der Waals surface area contributed by atoms with E-state index in [1.54, 1.807) is 4.90 Å². The highest BCUT2D eigenvalue weighted by atomic mass is 16.6. The van der Waals surface area contributed by atoms with Crippen LogP contribution in [0, 0.1) is 11.8 Å². The smallest absolute Gasteiger partial charge is 0.410 e. The summed E-state index contributed by atoms with van der Waals surface area (Å²) in [6.07, 6.45) is 0.287. The lowest BCUT2D eigenvalue weighted by atomic mass is 10.2. The molecule has 2 atom stereocenters. The molecular weight excluding hydrogens is 234 g/mol. The summed E-state index contributed by atoms with van der Waals surface area (Å²) in [5.41, 5.74) is -0.528. The molecule has 0 aromatic heterocycles. The van der Waals surface area contributed by atoms with E-state index in [9.17, 15) is 9.59 Å². The zero-order chi connectivity index (χ0) is 14.1. The van der Waals surface area contributed by atoms with E-state index in [0.717, 1.165) is 0 Å². The Morgan fingerprint density at radius 3 is 2.28 bits per heavy atom. The van der Waals surface area contributed by atoms with E-state index in [0.29, 0.717) is 13.0 Å². The number of carbonyl (C=O) groups is 2. The number of rotatable bonds is 4. The third-order valence-electron chi connectivity index (χ3n) is 2.92. The molecule has 18 heavy (non-hydrogen) atoms. The first-order chi connectivity index (χ1) is 8.11. The van der Waals surface area contributed by atoms with Gasteiger partial charge in [0.1, 0.15) is 5.60 Å². The predicted molar refractivity (Wildman–Crippen MR) is 67.3 cm³/mol. The summed E-state index contributed by atoms with van der Waals surface area (Å²) in [6, 6.07) is 0.00916. The second kappa shape index (κ2) is 5.16. The van der Waals surface area contributed by atoms with Crippen molar-refractivity contribution in [1.29, 1.82) is 0 Å². The van der Waals surface area contributed by atoms with Gasteiger partial charge in [-0.1, -0.05) is 0 Å². The number of nitrogens with zero attached hydrogens (tertiary/aromatic N) is 1. The van der Waals surface area contributed by atoms with Crippen molar-refractivity contribution in [3.63, 3.8) is 0 Å². The number of carboxylic acids is 1. The molecule has 1 rings (SSSR count). The molecule has 0 spiro atoms. The van der Waals surface area contributed by atoms with Crippen LogP contribution >= 0.6 is 0 Å². The van der Waals surface area contributed by atoms with Gasteiger partial charge >= 0.3 is 12.1 Å². The quantitative estimate of drug-likeness (QED) is 0.839. The van der Waals surface area contributed by atoms with Crippen LogP contribution in [0.25, 0.3) is 0 Å². The molecule has 0 unspecified atom stereocenters. The average molecular weight is 257 g/mol. The van der Waals surface area contributed by atoms with Gasteiger partial charge in [-0.2, -0.15) is 0 Å². The largest absolute Gasteiger partial charge is 0.481 e. The Bertz CT molecular complexity index is 332. The van der Waals surface area contributed by atoms with Gasteiger partial charge in [-0.15, -0.1) is 0 Å². The van der Waals surface area contributed by atoms with Crippen LogP contribution in [0.2, 0.25) is 0 Å². The Hall–Kier alpha value is -1.26. The molecule has 1 fully saturated rings. The van der Waals surface area contributed by atoms with Gasteiger partial charge in [0.25, 0.3) is 0 Å². The minimum absolute atomic E-state index is 0.00916. The first-order valence-electron chi connectivity index (χ1n) is 6.34. The Balaban J connectivity index is 2.56. The maximum absolute atomic E-state index is 12.0. The van der Waals surface area contributed by atoms with E-state index in [1.807, 2.05) is 34.6 Å². The van der Waals surface area contributed by atoms with E-state index >= 15 is 0 Å². The normalized spacial score (nSPS) is 22.8. The molecule has 1 amide bonds. The summed E-state index contributed by atoms with van der Waals surface area (Å²) in [4.78, 5) is 24.4. The van der Waals surface area contributed by atoms with Crippen molar-refractivity contribution in [3.05, 3.63) is 0 Å². The number of aliphatic carboxylic acids is 1. The summed E-state index contributed by atoms with van der Waals surface area (Å²) >= 11 is 0. The Labute approximate surface area is 108 Å². The number of hydrogen-bond acceptors (Lipinski definition) is 3. The van der Waals surface area contributed by atoms with E-state index in [2.05, 4.69) is 0 Å². The number of amides is 1. The Kier molecular flexibility index (Phi) is 4.24. The van der Waals surface area contributed by atoms with Crippen LogP contribution in [-0.2, 0) is 9.53 Å². The Morgan fingerprint density at radius 2 is 1.94 bits per heavy atom. The SMILES string of the molecule is CC(C)N(C[C@@H]1C[C@H]1C(=O)O)C(=O)OC(C)(C)C. The fraction of sp³-hybridized carbons (Fsp3) is 0.846. The van der Waals surface area contributed by atoms with E-state index in [1.165, 1.54) is 0 Å². The third-order valence-corrected chi connectivity index (χ3v) is 2.92. The van der Waals surface area contributed by atoms with Crippen molar-refractivity contribution in [2.75, 3.05) is 6.54 Å². The van der Waals surface area contributed by atoms with Crippen LogP contribution < -0.4 is 0 Å². The zero-order valence-electron chi connectivity index (χ0n) is 11.8. The fourth-order valence-electron chi connectivity index (χ4n) is 1.82. The van der Waals surface area contributed by atoms with Crippen molar-refractivity contribution < 1.29 is 19.4 Å². The highest BCUT2D eigenvalue weighted by Gasteiger charge is 2.45. The van der Waals surface area contributed by atoms with Gasteiger partial charge in [-0.05, 0) is 47.0 Å².